The minimum Gasteiger partial charge on any atom is -0.870 e. The van der Waals surface area contributed by atoms with Gasteiger partial charge < -0.3 is 9.84 Å². The first-order chi connectivity index (χ1) is 6.86. The second-order valence-electron chi connectivity index (χ2n) is 2.86. The Bertz CT molecular complexity index is 415. The molecule has 0 aliphatic rings. The first-order valence-electron chi connectivity index (χ1n) is 4.35. The second-order valence-corrected chi connectivity index (χ2v) is 2.86. The molecule has 71 valence electrons. The van der Waals surface area contributed by atoms with Crippen molar-refractivity contribution in [3.63, 3.8) is 0 Å². The van der Waals surface area contributed by atoms with Crippen LogP contribution in [0.4, 0.5) is 0 Å². The third-order valence-corrected chi connectivity index (χ3v) is 1.82. The number of para-hydroxylation sites is 3. The minimum absolute atomic E-state index is 0. The molecule has 0 N–H and O–H groups in total. The van der Waals surface area contributed by atoms with Gasteiger partial charge in [-0.25, -0.2) is 0 Å². The van der Waals surface area contributed by atoms with Crippen molar-refractivity contribution in [3.05, 3.63) is 54.6 Å². The summed E-state index contributed by atoms with van der Waals surface area (Å²) in [6.45, 7) is 0. The van der Waals surface area contributed by atoms with Crippen molar-refractivity contribution in [2.75, 3.05) is 0 Å². The van der Waals surface area contributed by atoms with Gasteiger partial charge >= 0.3 is 0 Å². The van der Waals surface area contributed by atoms with Crippen LogP contribution in [0.15, 0.2) is 54.6 Å². The summed E-state index contributed by atoms with van der Waals surface area (Å²) in [6, 6.07) is 15.9. The Kier molecular flexibility index (Phi) is 5.35. The van der Waals surface area contributed by atoms with E-state index >= 15 is 0 Å². The average Bonchev–Trinajstić information content (AvgIpc) is 2.23. The van der Waals surface area contributed by atoms with Crippen molar-refractivity contribution in [1.82, 2.24) is 0 Å². The van der Waals surface area contributed by atoms with E-state index in [9.17, 15) is 5.11 Å². The van der Waals surface area contributed by atoms with Gasteiger partial charge in [0.2, 0.25) is 0 Å². The summed E-state index contributed by atoms with van der Waals surface area (Å²) >= 11 is 0. The molecule has 2 nitrogen and oxygen atoms in total. The Balaban J connectivity index is 0.00000112. The number of hydrogen-bond acceptors (Lipinski definition) is 2. The summed E-state index contributed by atoms with van der Waals surface area (Å²) in [5.41, 5.74) is 0. The molecule has 2 aromatic carbocycles. The van der Waals surface area contributed by atoms with E-state index in [4.69, 9.17) is 4.74 Å². The number of hydrogen-bond donors (Lipinski definition) is 0. The molecule has 0 amide bonds. The van der Waals surface area contributed by atoms with E-state index in [1.165, 1.54) is 6.07 Å². The maximum atomic E-state index is 11.3. The van der Waals surface area contributed by atoms with E-state index < -0.39 is 0 Å². The fourth-order valence-corrected chi connectivity index (χ4v) is 1.15. The topological polar surface area (TPSA) is 32.3 Å². The second kappa shape index (κ2) is 6.30. The third kappa shape index (κ3) is 3.63. The quantitative estimate of drug-likeness (QED) is 0.732. The third-order valence-electron chi connectivity index (χ3n) is 1.82. The molecule has 2 rings (SSSR count). The van der Waals surface area contributed by atoms with Gasteiger partial charge in [0.15, 0.2) is 0 Å². The van der Waals surface area contributed by atoms with Crippen LogP contribution in [-0.2, 0) is 0 Å². The Morgan fingerprint density at radius 3 is 2.07 bits per heavy atom. The van der Waals surface area contributed by atoms with Gasteiger partial charge in [-0.2, -0.15) is 0 Å². The van der Waals surface area contributed by atoms with Crippen LogP contribution < -0.4 is 9.84 Å². The predicted octanol–water partition coefficient (Wildman–Crippen LogP) is 2.17. The van der Waals surface area contributed by atoms with E-state index in [1.54, 1.807) is 18.2 Å². The molecule has 0 saturated heterocycles. The van der Waals surface area contributed by atoms with Crippen molar-refractivity contribution in [1.29, 1.82) is 0 Å². The molecule has 15 heavy (non-hydrogen) atoms. The van der Waals surface area contributed by atoms with Gasteiger partial charge in [0, 0.05) is 51.4 Å². The molecule has 0 bridgehead atoms. The molecule has 0 aliphatic heterocycles. The molecule has 0 aliphatic carbocycles. The molecule has 0 heterocycles. The summed E-state index contributed by atoms with van der Waals surface area (Å²) in [5, 5.41) is 11.3. The van der Waals surface area contributed by atoms with Crippen LogP contribution in [0, 0.1) is 0 Å². The molecule has 0 fully saturated rings. The smallest absolute Gasteiger partial charge is 0.127 e. The number of rotatable bonds is 2. The van der Waals surface area contributed by atoms with Crippen molar-refractivity contribution >= 4 is 51.4 Å². The molecule has 2 aromatic rings. The van der Waals surface area contributed by atoms with Crippen LogP contribution in [0.5, 0.6) is 17.2 Å². The fourth-order valence-electron chi connectivity index (χ4n) is 1.15. The van der Waals surface area contributed by atoms with Crippen LogP contribution in [0.25, 0.3) is 0 Å². The maximum absolute atomic E-state index is 11.3. The zero-order valence-corrected chi connectivity index (χ0v) is 11.6. The van der Waals surface area contributed by atoms with E-state index in [0.29, 0.717) is 11.5 Å². The molecule has 3 heteroatoms. The van der Waals surface area contributed by atoms with Gasteiger partial charge in [-0.05, 0) is 18.2 Å². The molecule has 0 atom stereocenters. The van der Waals surface area contributed by atoms with E-state index in [1.807, 2.05) is 30.3 Å². The van der Waals surface area contributed by atoms with Crippen molar-refractivity contribution < 1.29 is 9.84 Å². The van der Waals surface area contributed by atoms with Crippen LogP contribution in [0.2, 0.25) is 0 Å². The molecule has 0 aromatic heterocycles. The van der Waals surface area contributed by atoms with Gasteiger partial charge in [-0.15, -0.1) is 0 Å². The van der Waals surface area contributed by atoms with Gasteiger partial charge in [-0.3, -0.25) is 0 Å². The Morgan fingerprint density at radius 1 is 0.800 bits per heavy atom. The maximum Gasteiger partial charge on any atom is 0.127 e. The monoisotopic (exact) mass is 224 g/mol. The first kappa shape index (κ1) is 12.7. The van der Waals surface area contributed by atoms with Crippen LogP contribution in [0.3, 0.4) is 0 Å². The van der Waals surface area contributed by atoms with Crippen LogP contribution >= 0.6 is 0 Å². The largest absolute Gasteiger partial charge is 0.870 e. The fraction of sp³-hybridized carbons (Fsp3) is 0. The molecule has 0 spiro atoms. The summed E-state index contributed by atoms with van der Waals surface area (Å²) < 4.78 is 5.40. The zero-order chi connectivity index (χ0) is 9.80. The summed E-state index contributed by atoms with van der Waals surface area (Å²) in [5.74, 6) is 0.936. The number of benzene rings is 2. The Hall–Kier alpha value is -0.324. The van der Waals surface area contributed by atoms with Gasteiger partial charge in [0.05, 0.1) is 0 Å². The minimum atomic E-state index is -0.101. The van der Waals surface area contributed by atoms with E-state index in [-0.39, 0.29) is 57.1 Å². The van der Waals surface area contributed by atoms with Crippen LogP contribution in [0.1, 0.15) is 0 Å². The molecular weight excluding hydrogens is 215 g/mol. The molecule has 1 radical (unpaired) electrons. The average molecular weight is 224 g/mol. The Labute approximate surface area is 131 Å². The molecule has 0 saturated carbocycles. The van der Waals surface area contributed by atoms with Crippen molar-refractivity contribution in [3.8, 4) is 17.2 Å². The van der Waals surface area contributed by atoms with E-state index in [2.05, 4.69) is 0 Å². The standard InChI is InChI=1S/C12H10O2.K/c13-11-8-4-5-9-12(11)14-10-6-2-1-3-7-10;/h1-9,13H;/p-1. The molecular formula is C12H9KO2-. The van der Waals surface area contributed by atoms with E-state index in [0.717, 1.165) is 0 Å². The summed E-state index contributed by atoms with van der Waals surface area (Å²) in [4.78, 5) is 0. The van der Waals surface area contributed by atoms with Crippen LogP contribution in [-0.4, -0.2) is 51.4 Å². The predicted molar refractivity (Wildman–Crippen MR) is 58.2 cm³/mol. The van der Waals surface area contributed by atoms with Gasteiger partial charge in [-0.1, -0.05) is 42.1 Å². The Morgan fingerprint density at radius 2 is 1.40 bits per heavy atom. The SMILES string of the molecule is [K].[O-]c1ccccc1Oc1ccccc1. The normalized spacial score (nSPS) is 9.07. The first-order valence-corrected chi connectivity index (χ1v) is 4.35. The number of ether oxygens (including phenoxy) is 1. The van der Waals surface area contributed by atoms with Crippen molar-refractivity contribution in [2.45, 2.75) is 0 Å². The summed E-state index contributed by atoms with van der Waals surface area (Å²) in [7, 11) is 0. The van der Waals surface area contributed by atoms with Gasteiger partial charge in [0.25, 0.3) is 0 Å². The molecule has 0 unspecified atom stereocenters. The van der Waals surface area contributed by atoms with Crippen molar-refractivity contribution in [2.24, 2.45) is 0 Å². The summed E-state index contributed by atoms with van der Waals surface area (Å²) in [6.07, 6.45) is 0. The zero-order valence-electron chi connectivity index (χ0n) is 8.51. The van der Waals surface area contributed by atoms with Gasteiger partial charge in [0.1, 0.15) is 11.5 Å².